The summed E-state index contributed by atoms with van der Waals surface area (Å²) >= 11 is 34.4. The number of para-hydroxylation sites is 1. The van der Waals surface area contributed by atoms with E-state index in [-0.39, 0.29) is 31.2 Å². The number of nitrogens with one attached hydrogen (secondary N) is 3. The van der Waals surface area contributed by atoms with Gasteiger partial charge in [-0.05, 0) is 128 Å². The maximum absolute atomic E-state index is 12.6. The Morgan fingerprint density at radius 2 is 1.22 bits per heavy atom. The standard InChI is InChI=1S/C23H21Cl2N3O3.C15H15ClN2O2.C14H12ClNO2.CH2Cl2.CH4.ClH/c1-14-4-5-17(12-18(14)24)27-23(30)28-8-6-15(7-9-28)21-19(25)11-16(13-26-21)22(29)20-3-2-10-31-20;16-12-8-11(15(19)13-2-1-7-20-13)9-18-14(12)10-3-5-17-6-4-10;1-10-7-8-11(9-13(10)15)16-14(17)18-12-5-3-2-4-6-12;2-1-3;;/h2-6,10-13,22,29H,7-9H2,1H3,(H,27,30);1-3,7-9,15,17,19H,4-6H2;2-9H,1H3,(H,16,17);1H2;1H4;1H. The van der Waals surface area contributed by atoms with Gasteiger partial charge in [-0.3, -0.25) is 15.3 Å². The lowest BCUT2D eigenvalue weighted by atomic mass is 10.0. The lowest BCUT2D eigenvalue weighted by molar-refractivity contribution is 0.189. The molecule has 3 amide bonds. The Labute approximate surface area is 466 Å². The summed E-state index contributed by atoms with van der Waals surface area (Å²) in [6, 6.07) is 29.7. The van der Waals surface area contributed by atoms with E-state index < -0.39 is 18.3 Å². The number of aromatic nitrogens is 2. The topological polar surface area (TPSA) is 175 Å². The highest BCUT2D eigenvalue weighted by Crippen LogP contribution is 2.32. The first kappa shape index (κ1) is 61.0. The first-order valence-electron chi connectivity index (χ1n) is 22.3. The molecular weight excluding hydrogens is 1090 g/mol. The van der Waals surface area contributed by atoms with E-state index in [0.29, 0.717) is 85.1 Å². The van der Waals surface area contributed by atoms with Crippen LogP contribution in [-0.4, -0.2) is 68.7 Å². The normalized spacial score (nSPS) is 13.4. The molecule has 2 unspecified atom stereocenters. The van der Waals surface area contributed by atoms with E-state index in [2.05, 4.69) is 32.0 Å². The van der Waals surface area contributed by atoms with Crippen LogP contribution in [0.15, 0.2) is 149 Å². The van der Waals surface area contributed by atoms with Gasteiger partial charge in [0.05, 0.1) is 39.3 Å². The van der Waals surface area contributed by atoms with Gasteiger partial charge < -0.3 is 39.3 Å². The van der Waals surface area contributed by atoms with Gasteiger partial charge >= 0.3 is 12.1 Å². The zero-order valence-electron chi connectivity index (χ0n) is 39.3. The number of nitrogens with zero attached hydrogens (tertiary/aromatic N) is 3. The van der Waals surface area contributed by atoms with Gasteiger partial charge in [-0.25, -0.2) is 9.59 Å². The van der Waals surface area contributed by atoms with Crippen LogP contribution < -0.4 is 20.7 Å². The number of furan rings is 2. The van der Waals surface area contributed by atoms with Gasteiger partial charge in [0, 0.05) is 64.6 Å². The number of benzene rings is 3. The van der Waals surface area contributed by atoms with Crippen LogP contribution >= 0.6 is 82.0 Å². The second-order valence-electron chi connectivity index (χ2n) is 15.9. The molecule has 2 atom stereocenters. The Balaban J connectivity index is 0.000000241. The number of aliphatic hydroxyl groups is 2. The van der Waals surface area contributed by atoms with Crippen LogP contribution in [0.2, 0.25) is 20.1 Å². The number of halogens is 7. The largest absolute Gasteiger partial charge is 0.466 e. The number of aryl methyl sites for hydroxylation is 2. The summed E-state index contributed by atoms with van der Waals surface area (Å²) in [7, 11) is 0. The number of aliphatic hydroxyl groups excluding tert-OH is 2. The Hall–Kier alpha value is -5.55. The zero-order valence-corrected chi connectivity index (χ0v) is 44.7. The summed E-state index contributed by atoms with van der Waals surface area (Å²) in [6.45, 7) is 6.55. The van der Waals surface area contributed by atoms with Gasteiger partial charge in [0.2, 0.25) is 0 Å². The molecule has 0 spiro atoms. The van der Waals surface area contributed by atoms with Gasteiger partial charge in [0.25, 0.3) is 0 Å². The number of pyridine rings is 2. The molecular formula is C54H55Cl7N6O7. The zero-order chi connectivity index (χ0) is 51.6. The molecule has 0 saturated carbocycles. The van der Waals surface area contributed by atoms with Crippen molar-refractivity contribution >= 4 is 117 Å². The molecule has 74 heavy (non-hydrogen) atoms. The molecule has 3 aromatic carbocycles. The summed E-state index contributed by atoms with van der Waals surface area (Å²) in [6.07, 6.45) is 9.54. The van der Waals surface area contributed by atoms with Gasteiger partial charge in [0.1, 0.15) is 29.5 Å². The Bertz CT molecular complexity index is 2940. The van der Waals surface area contributed by atoms with Crippen molar-refractivity contribution in [1.29, 1.82) is 0 Å². The first-order chi connectivity index (χ1) is 34.7. The second kappa shape index (κ2) is 30.7. The molecule has 20 heteroatoms. The SMILES string of the molecule is C.Cc1ccc(NC(=O)N2CC=C(c3ncc(C(O)c4ccco4)cc3Cl)CC2)cc1Cl.Cc1ccc(NC(=O)Oc2ccccc2)cc1Cl.Cl.ClCCl.OC(c1cnc(C2=CCNCC2)c(Cl)c1)c1ccco1. The van der Waals surface area contributed by atoms with Crippen molar-refractivity contribution in [3.8, 4) is 5.75 Å². The maximum atomic E-state index is 12.6. The number of urea groups is 1. The van der Waals surface area contributed by atoms with Crippen molar-refractivity contribution in [1.82, 2.24) is 20.2 Å². The fraction of sp³-hybridized carbons (Fsp3) is 0.222. The van der Waals surface area contributed by atoms with Gasteiger partial charge in [-0.1, -0.05) is 96.3 Å². The minimum atomic E-state index is -0.927. The quantitative estimate of drug-likeness (QED) is 0.0875. The molecule has 2 aliphatic heterocycles. The van der Waals surface area contributed by atoms with Crippen LogP contribution in [0, 0.1) is 13.8 Å². The fourth-order valence-corrected chi connectivity index (χ4v) is 8.04. The Morgan fingerprint density at radius 3 is 1.65 bits per heavy atom. The number of hydrogen-bond donors (Lipinski definition) is 5. The molecule has 6 heterocycles. The summed E-state index contributed by atoms with van der Waals surface area (Å²) in [5.41, 5.74) is 7.92. The summed E-state index contributed by atoms with van der Waals surface area (Å²) in [5, 5.41) is 31.7. The number of hydrogen-bond acceptors (Lipinski definition) is 10. The molecule has 2 aliphatic rings. The minimum absolute atomic E-state index is 0. The van der Waals surface area contributed by atoms with Crippen LogP contribution in [0.5, 0.6) is 5.75 Å². The summed E-state index contributed by atoms with van der Waals surface area (Å²) < 4.78 is 15.5. The van der Waals surface area contributed by atoms with E-state index in [4.69, 9.17) is 83.2 Å². The number of carbonyl (C=O) groups is 2. The average molecular weight is 1150 g/mol. The summed E-state index contributed by atoms with van der Waals surface area (Å²) in [4.78, 5) is 34.7. The molecule has 392 valence electrons. The smallest absolute Gasteiger partial charge is 0.417 e. The van der Waals surface area contributed by atoms with Crippen molar-refractivity contribution in [2.24, 2.45) is 0 Å². The molecule has 0 saturated heterocycles. The highest BCUT2D eigenvalue weighted by molar-refractivity contribution is 6.40. The predicted molar refractivity (Wildman–Crippen MR) is 302 cm³/mol. The Morgan fingerprint density at radius 1 is 0.703 bits per heavy atom. The van der Waals surface area contributed by atoms with Crippen molar-refractivity contribution in [2.45, 2.75) is 46.3 Å². The number of amides is 3. The van der Waals surface area contributed by atoms with Gasteiger partial charge in [-0.15, -0.1) is 35.6 Å². The average Bonchev–Trinajstić information content (AvgIpc) is 4.14. The molecule has 0 aliphatic carbocycles. The number of carbonyl (C=O) groups excluding carboxylic acids is 2. The molecule has 0 radical (unpaired) electrons. The molecule has 7 aromatic rings. The molecule has 13 nitrogen and oxygen atoms in total. The third-order valence-corrected chi connectivity index (χ3v) is 12.3. The lowest BCUT2D eigenvalue weighted by Gasteiger charge is -2.27. The van der Waals surface area contributed by atoms with Crippen LogP contribution in [0.3, 0.4) is 0 Å². The molecule has 5 N–H and O–H groups in total. The van der Waals surface area contributed by atoms with E-state index in [9.17, 15) is 19.8 Å². The van der Waals surface area contributed by atoms with Crippen LogP contribution in [-0.2, 0) is 0 Å². The van der Waals surface area contributed by atoms with Crippen LogP contribution in [0.4, 0.5) is 21.0 Å². The van der Waals surface area contributed by atoms with E-state index in [1.165, 1.54) is 12.5 Å². The predicted octanol–water partition coefficient (Wildman–Crippen LogP) is 15.2. The van der Waals surface area contributed by atoms with E-state index >= 15 is 0 Å². The second-order valence-corrected chi connectivity index (χ2v) is 18.4. The molecule has 4 aromatic heterocycles. The van der Waals surface area contributed by atoms with Gasteiger partial charge in [0.15, 0.2) is 0 Å². The fourth-order valence-electron chi connectivity index (χ4n) is 7.09. The highest BCUT2D eigenvalue weighted by Gasteiger charge is 2.22. The van der Waals surface area contributed by atoms with E-state index in [0.717, 1.165) is 47.5 Å². The summed E-state index contributed by atoms with van der Waals surface area (Å²) in [5.74, 6) is 1.41. The van der Waals surface area contributed by atoms with Crippen LogP contribution in [0.1, 0.15) is 77.6 Å². The van der Waals surface area contributed by atoms with Crippen molar-refractivity contribution in [3.05, 3.63) is 205 Å². The Kier molecular flexibility index (Phi) is 25.3. The maximum Gasteiger partial charge on any atom is 0.417 e. The van der Waals surface area contributed by atoms with E-state index in [1.54, 1.807) is 96.2 Å². The van der Waals surface area contributed by atoms with Crippen LogP contribution in [0.25, 0.3) is 11.1 Å². The number of ether oxygens (including phenoxy) is 1. The number of anilines is 2. The van der Waals surface area contributed by atoms with E-state index in [1.807, 2.05) is 44.2 Å². The first-order valence-corrected chi connectivity index (χ1v) is 24.9. The molecule has 0 fully saturated rings. The van der Waals surface area contributed by atoms with Crippen molar-refractivity contribution < 1.29 is 33.4 Å². The molecule has 9 rings (SSSR count). The monoisotopic (exact) mass is 1140 g/mol. The minimum Gasteiger partial charge on any atom is -0.466 e. The molecule has 0 bridgehead atoms. The van der Waals surface area contributed by atoms with Crippen molar-refractivity contribution in [3.63, 3.8) is 0 Å². The highest BCUT2D eigenvalue weighted by atomic mass is 35.5. The lowest BCUT2D eigenvalue weighted by Crippen LogP contribution is -2.38. The number of alkyl halides is 2. The van der Waals surface area contributed by atoms with Crippen molar-refractivity contribution in [2.75, 3.05) is 42.2 Å². The third-order valence-electron chi connectivity index (χ3n) is 10.9. The van der Waals surface area contributed by atoms with Gasteiger partial charge in [-0.2, -0.15) is 0 Å². The third kappa shape index (κ3) is 17.8. The number of rotatable bonds is 9.